The number of aromatic hydroxyl groups is 1. The molecule has 154 valence electrons. The summed E-state index contributed by atoms with van der Waals surface area (Å²) in [7, 11) is 1.54. The Kier molecular flexibility index (Phi) is 4.83. The summed E-state index contributed by atoms with van der Waals surface area (Å²) < 4.78 is 16.6. The van der Waals surface area contributed by atoms with E-state index in [4.69, 9.17) is 19.2 Å². The van der Waals surface area contributed by atoms with Gasteiger partial charge in [0.1, 0.15) is 5.82 Å². The first-order chi connectivity index (χ1) is 14.7. The van der Waals surface area contributed by atoms with Crippen molar-refractivity contribution in [1.82, 2.24) is 4.98 Å². The van der Waals surface area contributed by atoms with E-state index in [-0.39, 0.29) is 12.5 Å². The van der Waals surface area contributed by atoms with Crippen molar-refractivity contribution >= 4 is 5.82 Å². The lowest BCUT2D eigenvalue weighted by atomic mass is 10.0. The second-order valence-corrected chi connectivity index (χ2v) is 7.68. The molecule has 0 amide bonds. The fraction of sp³-hybridized carbons (Fsp3) is 0.292. The van der Waals surface area contributed by atoms with Crippen LogP contribution in [-0.2, 0) is 0 Å². The van der Waals surface area contributed by atoms with Gasteiger partial charge in [-0.05, 0) is 54.8 Å². The SMILES string of the molecule is COc1cc(-c2cc(-c3cccc4c3OCO4)cc(NC3CCCC3)n2)ccc1O. The van der Waals surface area contributed by atoms with Gasteiger partial charge in [-0.3, -0.25) is 0 Å². The van der Waals surface area contributed by atoms with E-state index in [2.05, 4.69) is 11.4 Å². The molecule has 0 saturated heterocycles. The van der Waals surface area contributed by atoms with Gasteiger partial charge in [0.15, 0.2) is 23.0 Å². The highest BCUT2D eigenvalue weighted by Crippen LogP contribution is 2.43. The van der Waals surface area contributed by atoms with E-state index >= 15 is 0 Å². The minimum absolute atomic E-state index is 0.105. The number of anilines is 1. The maximum absolute atomic E-state index is 9.98. The van der Waals surface area contributed by atoms with E-state index in [0.717, 1.165) is 52.5 Å². The molecule has 0 unspecified atom stereocenters. The number of benzene rings is 2. The lowest BCUT2D eigenvalue weighted by Crippen LogP contribution is -2.15. The molecule has 2 N–H and O–H groups in total. The third-order valence-electron chi connectivity index (χ3n) is 5.72. The van der Waals surface area contributed by atoms with Crippen molar-refractivity contribution in [2.24, 2.45) is 0 Å². The van der Waals surface area contributed by atoms with Crippen LogP contribution in [0, 0.1) is 0 Å². The monoisotopic (exact) mass is 404 g/mol. The number of aromatic nitrogens is 1. The number of nitrogens with one attached hydrogen (secondary N) is 1. The number of phenols is 1. The first-order valence-electron chi connectivity index (χ1n) is 10.3. The summed E-state index contributed by atoms with van der Waals surface area (Å²) in [6, 6.07) is 15.7. The molecule has 1 saturated carbocycles. The molecule has 1 aromatic heterocycles. The largest absolute Gasteiger partial charge is 0.504 e. The molecule has 3 aromatic rings. The first-order valence-corrected chi connectivity index (χ1v) is 10.3. The van der Waals surface area contributed by atoms with E-state index < -0.39 is 0 Å². The molecule has 5 rings (SSSR count). The van der Waals surface area contributed by atoms with Gasteiger partial charge >= 0.3 is 0 Å². The number of pyridine rings is 1. The molecule has 0 spiro atoms. The molecular weight excluding hydrogens is 380 g/mol. The standard InChI is InChI=1S/C24H24N2O4/c1-28-22-12-15(9-10-20(22)27)19-11-16(13-23(26-19)25-17-5-2-3-6-17)18-7-4-8-21-24(18)30-14-29-21/h4,7-13,17,27H,2-3,5-6,14H2,1H3,(H,25,26). The highest BCUT2D eigenvalue weighted by atomic mass is 16.7. The Labute approximate surface area is 175 Å². The summed E-state index contributed by atoms with van der Waals surface area (Å²) in [6.45, 7) is 0.229. The summed E-state index contributed by atoms with van der Waals surface area (Å²) in [4.78, 5) is 4.87. The van der Waals surface area contributed by atoms with E-state index in [1.54, 1.807) is 19.2 Å². The van der Waals surface area contributed by atoms with Crippen LogP contribution in [0.3, 0.4) is 0 Å². The van der Waals surface area contributed by atoms with Gasteiger partial charge in [0.05, 0.1) is 12.8 Å². The smallest absolute Gasteiger partial charge is 0.231 e. The number of ether oxygens (including phenoxy) is 3. The van der Waals surface area contributed by atoms with E-state index in [0.29, 0.717) is 11.8 Å². The lowest BCUT2D eigenvalue weighted by molar-refractivity contribution is 0.174. The predicted octanol–water partition coefficient (Wildman–Crippen LogP) is 5.21. The molecule has 6 nitrogen and oxygen atoms in total. The molecule has 2 heterocycles. The van der Waals surface area contributed by atoms with Crippen LogP contribution in [0.15, 0.2) is 48.5 Å². The quantitative estimate of drug-likeness (QED) is 0.608. The third kappa shape index (κ3) is 3.49. The van der Waals surface area contributed by atoms with Crippen LogP contribution in [0.1, 0.15) is 25.7 Å². The summed E-state index contributed by atoms with van der Waals surface area (Å²) >= 11 is 0. The third-order valence-corrected chi connectivity index (χ3v) is 5.72. The van der Waals surface area contributed by atoms with E-state index in [9.17, 15) is 5.11 Å². The zero-order chi connectivity index (χ0) is 20.5. The number of para-hydroxylation sites is 1. The number of fused-ring (bicyclic) bond motifs is 1. The molecule has 0 radical (unpaired) electrons. The highest BCUT2D eigenvalue weighted by molar-refractivity contribution is 5.80. The maximum atomic E-state index is 9.98. The van der Waals surface area contributed by atoms with Gasteiger partial charge in [0.2, 0.25) is 6.79 Å². The van der Waals surface area contributed by atoms with Gasteiger partial charge in [-0.2, -0.15) is 0 Å². The van der Waals surface area contributed by atoms with Crippen molar-refractivity contribution in [2.75, 3.05) is 19.2 Å². The summed E-state index contributed by atoms with van der Waals surface area (Å²) in [6.07, 6.45) is 4.81. The molecule has 0 bridgehead atoms. The highest BCUT2D eigenvalue weighted by Gasteiger charge is 2.21. The number of hydrogen-bond donors (Lipinski definition) is 2. The number of phenolic OH excluding ortho intramolecular Hbond substituents is 1. The van der Waals surface area contributed by atoms with Crippen molar-refractivity contribution in [2.45, 2.75) is 31.7 Å². The lowest BCUT2D eigenvalue weighted by Gasteiger charge is -2.16. The predicted molar refractivity (Wildman–Crippen MR) is 115 cm³/mol. The number of hydrogen-bond acceptors (Lipinski definition) is 6. The van der Waals surface area contributed by atoms with Crippen LogP contribution in [0.25, 0.3) is 22.4 Å². The average molecular weight is 404 g/mol. The van der Waals surface area contributed by atoms with Crippen molar-refractivity contribution < 1.29 is 19.3 Å². The minimum atomic E-state index is 0.105. The van der Waals surface area contributed by atoms with Gasteiger partial charge in [-0.1, -0.05) is 25.0 Å². The molecule has 6 heteroatoms. The van der Waals surface area contributed by atoms with Crippen LogP contribution in [0.4, 0.5) is 5.82 Å². The number of rotatable bonds is 5. The zero-order valence-electron chi connectivity index (χ0n) is 16.9. The van der Waals surface area contributed by atoms with Crippen LogP contribution in [-0.4, -0.2) is 30.0 Å². The molecular formula is C24H24N2O4. The Morgan fingerprint density at radius 2 is 1.90 bits per heavy atom. The fourth-order valence-electron chi connectivity index (χ4n) is 4.18. The molecule has 0 atom stereocenters. The Hall–Kier alpha value is -3.41. The Balaban J connectivity index is 1.62. The second kappa shape index (κ2) is 7.78. The minimum Gasteiger partial charge on any atom is -0.504 e. The number of nitrogens with zero attached hydrogens (tertiary/aromatic N) is 1. The second-order valence-electron chi connectivity index (χ2n) is 7.68. The fourth-order valence-corrected chi connectivity index (χ4v) is 4.18. The van der Waals surface area contributed by atoms with Gasteiger partial charge in [0, 0.05) is 17.2 Å². The van der Waals surface area contributed by atoms with Crippen molar-refractivity contribution in [3.8, 4) is 45.4 Å². The Morgan fingerprint density at radius 1 is 1.03 bits per heavy atom. The van der Waals surface area contributed by atoms with Gasteiger partial charge in [0.25, 0.3) is 0 Å². The normalized spacial score (nSPS) is 15.4. The van der Waals surface area contributed by atoms with Crippen molar-refractivity contribution in [3.63, 3.8) is 0 Å². The summed E-state index contributed by atoms with van der Waals surface area (Å²) in [5.74, 6) is 2.86. The zero-order valence-corrected chi connectivity index (χ0v) is 16.9. The summed E-state index contributed by atoms with van der Waals surface area (Å²) in [5.41, 5.74) is 3.62. The van der Waals surface area contributed by atoms with Gasteiger partial charge in [-0.25, -0.2) is 4.98 Å². The van der Waals surface area contributed by atoms with E-state index in [1.807, 2.05) is 30.3 Å². The molecule has 2 aromatic carbocycles. The molecule has 30 heavy (non-hydrogen) atoms. The topological polar surface area (TPSA) is 72.8 Å². The average Bonchev–Trinajstić information content (AvgIpc) is 3.45. The van der Waals surface area contributed by atoms with Crippen molar-refractivity contribution in [3.05, 3.63) is 48.5 Å². The van der Waals surface area contributed by atoms with Crippen LogP contribution < -0.4 is 19.5 Å². The first kappa shape index (κ1) is 18.6. The van der Waals surface area contributed by atoms with Gasteiger partial charge < -0.3 is 24.6 Å². The van der Waals surface area contributed by atoms with Crippen molar-refractivity contribution in [1.29, 1.82) is 0 Å². The summed E-state index contributed by atoms with van der Waals surface area (Å²) in [5, 5.41) is 13.6. The molecule has 1 aliphatic heterocycles. The van der Waals surface area contributed by atoms with Crippen LogP contribution >= 0.6 is 0 Å². The Bertz CT molecular complexity index is 1080. The molecule has 2 aliphatic rings. The van der Waals surface area contributed by atoms with E-state index in [1.165, 1.54) is 12.8 Å². The van der Waals surface area contributed by atoms with Crippen LogP contribution in [0.2, 0.25) is 0 Å². The number of methoxy groups -OCH3 is 1. The molecule has 1 aliphatic carbocycles. The molecule has 1 fully saturated rings. The Morgan fingerprint density at radius 3 is 2.73 bits per heavy atom. The maximum Gasteiger partial charge on any atom is 0.231 e. The van der Waals surface area contributed by atoms with Crippen LogP contribution in [0.5, 0.6) is 23.0 Å². The van der Waals surface area contributed by atoms with Gasteiger partial charge in [-0.15, -0.1) is 0 Å².